The molecule has 1 saturated heterocycles. The molecule has 170 valence electrons. The lowest BCUT2D eigenvalue weighted by Crippen LogP contribution is -2.32. The van der Waals surface area contributed by atoms with E-state index in [4.69, 9.17) is 9.47 Å². The number of amides is 2. The molecule has 1 aliphatic rings. The zero-order chi connectivity index (χ0) is 23.9. The Morgan fingerprint density at radius 3 is 2.35 bits per heavy atom. The summed E-state index contributed by atoms with van der Waals surface area (Å²) in [7, 11) is 0. The number of carbonyl (C=O) groups is 2. The van der Waals surface area contributed by atoms with Gasteiger partial charge in [-0.1, -0.05) is 48.0 Å². The van der Waals surface area contributed by atoms with E-state index in [0.717, 1.165) is 28.5 Å². The van der Waals surface area contributed by atoms with Gasteiger partial charge in [0, 0.05) is 5.56 Å². The summed E-state index contributed by atoms with van der Waals surface area (Å²) in [6.07, 6.45) is 1.69. The van der Waals surface area contributed by atoms with Crippen LogP contribution in [-0.2, 0) is 11.4 Å². The fraction of sp³-hybridized carbons (Fsp3) is 0.148. The van der Waals surface area contributed by atoms with Gasteiger partial charge >= 0.3 is 0 Å². The predicted molar refractivity (Wildman–Crippen MR) is 131 cm³/mol. The third kappa shape index (κ3) is 5.66. The lowest BCUT2D eigenvalue weighted by molar-refractivity contribution is -0.123. The topological polar surface area (TPSA) is 79.6 Å². The second kappa shape index (κ2) is 10.7. The number of thioether (sulfide) groups is 1. The molecule has 0 N–H and O–H groups in total. The van der Waals surface area contributed by atoms with E-state index in [1.165, 1.54) is 4.90 Å². The minimum atomic E-state index is -0.323. The first-order valence-corrected chi connectivity index (χ1v) is 11.5. The van der Waals surface area contributed by atoms with Crippen molar-refractivity contribution < 1.29 is 19.1 Å². The van der Waals surface area contributed by atoms with Crippen LogP contribution in [-0.4, -0.2) is 29.2 Å². The molecule has 34 heavy (non-hydrogen) atoms. The standard InChI is InChI=1S/C27H22N2O4S/c1-19-6-10-23(11-7-19)32-15-14-29-26(30)25(34-27(29)31)16-20-8-12-24(13-9-20)33-18-22-5-3-2-4-21(22)17-28/h2-13,16H,14-15,18H2,1H3/b25-16-. The number of imide groups is 1. The van der Waals surface area contributed by atoms with E-state index in [9.17, 15) is 14.9 Å². The third-order valence-corrected chi connectivity index (χ3v) is 6.10. The molecule has 7 heteroatoms. The summed E-state index contributed by atoms with van der Waals surface area (Å²) in [5, 5.41) is 8.87. The first-order valence-electron chi connectivity index (χ1n) is 10.7. The van der Waals surface area contributed by atoms with Gasteiger partial charge in [-0.25, -0.2) is 0 Å². The van der Waals surface area contributed by atoms with Gasteiger partial charge in [-0.15, -0.1) is 0 Å². The van der Waals surface area contributed by atoms with Crippen LogP contribution in [0, 0.1) is 18.3 Å². The molecule has 0 spiro atoms. The maximum Gasteiger partial charge on any atom is 0.293 e. The summed E-state index contributed by atoms with van der Waals surface area (Å²) in [5.41, 5.74) is 3.31. The maximum atomic E-state index is 12.7. The number of nitriles is 1. The minimum absolute atomic E-state index is 0.187. The van der Waals surface area contributed by atoms with E-state index in [0.29, 0.717) is 22.0 Å². The van der Waals surface area contributed by atoms with Crippen molar-refractivity contribution in [1.82, 2.24) is 4.90 Å². The molecule has 1 heterocycles. The minimum Gasteiger partial charge on any atom is -0.492 e. The second-order valence-electron chi connectivity index (χ2n) is 7.62. The molecule has 3 aromatic rings. The zero-order valence-corrected chi connectivity index (χ0v) is 19.4. The van der Waals surface area contributed by atoms with Crippen molar-refractivity contribution in [3.05, 3.63) is 100.0 Å². The highest BCUT2D eigenvalue weighted by Gasteiger charge is 2.34. The van der Waals surface area contributed by atoms with Crippen molar-refractivity contribution in [1.29, 1.82) is 5.26 Å². The molecule has 4 rings (SSSR count). The lowest BCUT2D eigenvalue weighted by atomic mass is 10.1. The Labute approximate surface area is 202 Å². The number of rotatable bonds is 8. The Morgan fingerprint density at radius 2 is 1.62 bits per heavy atom. The predicted octanol–water partition coefficient (Wildman–Crippen LogP) is 5.56. The summed E-state index contributed by atoms with van der Waals surface area (Å²) in [6.45, 7) is 2.70. The fourth-order valence-electron chi connectivity index (χ4n) is 3.31. The fourth-order valence-corrected chi connectivity index (χ4v) is 4.18. The van der Waals surface area contributed by atoms with Crippen LogP contribution >= 0.6 is 11.8 Å². The Bertz CT molecular complexity index is 1260. The molecule has 0 unspecified atom stereocenters. The van der Waals surface area contributed by atoms with Crippen LogP contribution in [0.4, 0.5) is 4.79 Å². The molecule has 0 aliphatic carbocycles. The van der Waals surface area contributed by atoms with Crippen molar-refractivity contribution in [3.63, 3.8) is 0 Å². The largest absolute Gasteiger partial charge is 0.492 e. The van der Waals surface area contributed by atoms with Crippen molar-refractivity contribution in [2.24, 2.45) is 0 Å². The summed E-state index contributed by atoms with van der Waals surface area (Å²) in [5.74, 6) is 1.02. The molecule has 6 nitrogen and oxygen atoms in total. The Hall–Kier alpha value is -4.02. The van der Waals surface area contributed by atoms with Crippen molar-refractivity contribution in [2.75, 3.05) is 13.2 Å². The summed E-state index contributed by atoms with van der Waals surface area (Å²) >= 11 is 0.922. The van der Waals surface area contributed by atoms with E-state index in [2.05, 4.69) is 6.07 Å². The zero-order valence-electron chi connectivity index (χ0n) is 18.6. The van der Waals surface area contributed by atoms with Gasteiger partial charge in [0.2, 0.25) is 0 Å². The summed E-state index contributed by atoms with van der Waals surface area (Å²) in [6, 6.07) is 24.3. The van der Waals surface area contributed by atoms with Crippen LogP contribution in [0.25, 0.3) is 6.08 Å². The van der Waals surface area contributed by atoms with Crippen LogP contribution < -0.4 is 9.47 Å². The van der Waals surface area contributed by atoms with Gasteiger partial charge in [0.1, 0.15) is 24.7 Å². The van der Waals surface area contributed by atoms with Crippen LogP contribution in [0.5, 0.6) is 11.5 Å². The van der Waals surface area contributed by atoms with Crippen LogP contribution in [0.2, 0.25) is 0 Å². The molecule has 1 fully saturated rings. The van der Waals surface area contributed by atoms with Gasteiger partial charge in [0.25, 0.3) is 11.1 Å². The molecule has 0 saturated carbocycles. The number of nitrogens with zero attached hydrogens (tertiary/aromatic N) is 2. The first kappa shape index (κ1) is 23.1. The van der Waals surface area contributed by atoms with E-state index < -0.39 is 0 Å². The molecule has 0 bridgehead atoms. The number of carbonyl (C=O) groups excluding carboxylic acids is 2. The van der Waals surface area contributed by atoms with Gasteiger partial charge in [0.05, 0.1) is 23.1 Å². The highest BCUT2D eigenvalue weighted by atomic mass is 32.2. The van der Waals surface area contributed by atoms with Crippen LogP contribution in [0.1, 0.15) is 22.3 Å². The number of aryl methyl sites for hydroxylation is 1. The highest BCUT2D eigenvalue weighted by molar-refractivity contribution is 8.18. The monoisotopic (exact) mass is 470 g/mol. The molecule has 0 radical (unpaired) electrons. The number of ether oxygens (including phenoxy) is 2. The number of benzene rings is 3. The van der Waals surface area contributed by atoms with Crippen LogP contribution in [0.15, 0.2) is 77.7 Å². The highest BCUT2D eigenvalue weighted by Crippen LogP contribution is 2.32. The van der Waals surface area contributed by atoms with Gasteiger partial charge in [-0.2, -0.15) is 5.26 Å². The average molecular weight is 471 g/mol. The maximum absolute atomic E-state index is 12.7. The van der Waals surface area contributed by atoms with E-state index in [1.54, 1.807) is 24.3 Å². The van der Waals surface area contributed by atoms with Crippen molar-refractivity contribution >= 4 is 29.0 Å². The first-order chi connectivity index (χ1) is 16.5. The molecule has 1 aliphatic heterocycles. The quantitative estimate of drug-likeness (QED) is 0.401. The molecule has 2 amide bonds. The van der Waals surface area contributed by atoms with Crippen molar-refractivity contribution in [3.8, 4) is 17.6 Å². The van der Waals surface area contributed by atoms with E-state index >= 15 is 0 Å². The molecular weight excluding hydrogens is 448 g/mol. The number of hydrogen-bond donors (Lipinski definition) is 0. The smallest absolute Gasteiger partial charge is 0.293 e. The molecule has 0 atom stereocenters. The molecule has 0 aromatic heterocycles. The van der Waals surface area contributed by atoms with Gasteiger partial charge in [-0.3, -0.25) is 14.5 Å². The SMILES string of the molecule is Cc1ccc(OCCN2C(=O)S/C(=C\c3ccc(OCc4ccccc4C#N)cc3)C2=O)cc1. The number of hydrogen-bond acceptors (Lipinski definition) is 6. The van der Waals surface area contributed by atoms with Gasteiger partial charge in [0.15, 0.2) is 0 Å². The molecule has 3 aromatic carbocycles. The second-order valence-corrected chi connectivity index (χ2v) is 8.61. The Balaban J connectivity index is 1.33. The third-order valence-electron chi connectivity index (χ3n) is 5.19. The van der Waals surface area contributed by atoms with Gasteiger partial charge < -0.3 is 9.47 Å². The molecular formula is C27H22N2O4S. The lowest BCUT2D eigenvalue weighted by Gasteiger charge is -2.13. The Morgan fingerprint density at radius 1 is 0.941 bits per heavy atom. The van der Waals surface area contributed by atoms with E-state index in [-0.39, 0.29) is 30.9 Å². The van der Waals surface area contributed by atoms with Gasteiger partial charge in [-0.05, 0) is 60.7 Å². The summed E-state index contributed by atoms with van der Waals surface area (Å²) < 4.78 is 11.4. The Kier molecular flexibility index (Phi) is 7.31. The average Bonchev–Trinajstić information content (AvgIpc) is 3.12. The summed E-state index contributed by atoms with van der Waals surface area (Å²) in [4.78, 5) is 26.6. The van der Waals surface area contributed by atoms with Crippen molar-refractivity contribution in [2.45, 2.75) is 13.5 Å². The van der Waals surface area contributed by atoms with Crippen LogP contribution in [0.3, 0.4) is 0 Å². The normalized spacial score (nSPS) is 14.4. The van der Waals surface area contributed by atoms with E-state index in [1.807, 2.05) is 61.5 Å².